The third-order valence-electron chi connectivity index (χ3n) is 3.95. The van der Waals surface area contributed by atoms with Crippen LogP contribution in [0.15, 0.2) is 42.7 Å². The monoisotopic (exact) mass is 348 g/mol. The van der Waals surface area contributed by atoms with Gasteiger partial charge in [-0.05, 0) is 12.1 Å². The molecule has 1 fully saturated rings. The van der Waals surface area contributed by atoms with Crippen molar-refractivity contribution >= 4 is 15.7 Å². The highest BCUT2D eigenvalue weighted by atomic mass is 32.2. The number of sulfone groups is 1. The summed E-state index contributed by atoms with van der Waals surface area (Å²) in [7, 11) is -2.91. The first-order chi connectivity index (χ1) is 11.5. The van der Waals surface area contributed by atoms with E-state index in [9.17, 15) is 13.2 Å². The third-order valence-corrected chi connectivity index (χ3v) is 5.56. The second-order valence-electron chi connectivity index (χ2n) is 5.83. The molecule has 24 heavy (non-hydrogen) atoms. The number of carbonyl (C=O) groups is 1. The lowest BCUT2D eigenvalue weighted by molar-refractivity contribution is -0.122. The fourth-order valence-electron chi connectivity index (χ4n) is 2.54. The lowest BCUT2D eigenvalue weighted by atomic mass is 10.3. The van der Waals surface area contributed by atoms with Crippen molar-refractivity contribution < 1.29 is 13.2 Å². The second-order valence-corrected chi connectivity index (χ2v) is 8.14. The summed E-state index contributed by atoms with van der Waals surface area (Å²) in [6.45, 7) is 1.46. The number of amides is 1. The van der Waals surface area contributed by atoms with Crippen LogP contribution in [0.2, 0.25) is 0 Å². The van der Waals surface area contributed by atoms with E-state index in [-0.39, 0.29) is 24.0 Å². The van der Waals surface area contributed by atoms with Gasteiger partial charge >= 0.3 is 0 Å². The normalized spacial score (nSPS) is 17.5. The molecule has 3 rings (SSSR count). The van der Waals surface area contributed by atoms with Crippen LogP contribution in [-0.2, 0) is 21.2 Å². The van der Waals surface area contributed by atoms with E-state index in [0.29, 0.717) is 19.6 Å². The molecule has 1 aliphatic rings. The minimum atomic E-state index is -2.91. The van der Waals surface area contributed by atoms with Gasteiger partial charge in [-0.1, -0.05) is 18.2 Å². The van der Waals surface area contributed by atoms with Crippen molar-refractivity contribution in [2.24, 2.45) is 0 Å². The first-order valence-electron chi connectivity index (χ1n) is 7.80. The topological polar surface area (TPSA) is 84.3 Å². The summed E-state index contributed by atoms with van der Waals surface area (Å²) in [5.74, 6) is 0.149. The van der Waals surface area contributed by atoms with Gasteiger partial charge in [-0.2, -0.15) is 5.10 Å². The molecular weight excluding hydrogens is 328 g/mol. The number of nitrogens with one attached hydrogen (secondary N) is 1. The summed E-state index contributed by atoms with van der Waals surface area (Å²) in [6, 6.07) is 9.74. The second kappa shape index (κ2) is 7.14. The Hall–Kier alpha value is -2.19. The molecule has 1 aliphatic heterocycles. The molecule has 1 saturated heterocycles. The van der Waals surface area contributed by atoms with Crippen LogP contribution in [-0.4, -0.2) is 60.1 Å². The fourth-order valence-corrected chi connectivity index (χ4v) is 3.82. The Bertz CT molecular complexity index is 788. The van der Waals surface area contributed by atoms with Crippen molar-refractivity contribution in [2.45, 2.75) is 6.54 Å². The zero-order valence-electron chi connectivity index (χ0n) is 13.3. The summed E-state index contributed by atoms with van der Waals surface area (Å²) < 4.78 is 24.5. The summed E-state index contributed by atoms with van der Waals surface area (Å²) in [4.78, 5) is 13.9. The third kappa shape index (κ3) is 4.42. The van der Waals surface area contributed by atoms with Crippen LogP contribution in [0.4, 0.5) is 0 Å². The zero-order chi connectivity index (χ0) is 17.0. The van der Waals surface area contributed by atoms with Gasteiger partial charge in [-0.25, -0.2) is 13.1 Å². The Balaban J connectivity index is 1.48. The minimum Gasteiger partial charge on any atom is -0.351 e. The van der Waals surface area contributed by atoms with Crippen molar-refractivity contribution in [1.82, 2.24) is 20.0 Å². The predicted octanol–water partition coefficient (Wildman–Crippen LogP) is 0.219. The van der Waals surface area contributed by atoms with Crippen molar-refractivity contribution in [1.29, 1.82) is 0 Å². The van der Waals surface area contributed by atoms with Crippen LogP contribution >= 0.6 is 0 Å². The van der Waals surface area contributed by atoms with E-state index in [4.69, 9.17) is 0 Å². The molecule has 0 bridgehead atoms. The molecule has 1 N–H and O–H groups in total. The Labute approximate surface area is 141 Å². The van der Waals surface area contributed by atoms with Gasteiger partial charge in [0.1, 0.15) is 0 Å². The molecule has 1 aromatic carbocycles. The van der Waals surface area contributed by atoms with Crippen LogP contribution in [0.5, 0.6) is 0 Å². The molecule has 2 aromatic rings. The van der Waals surface area contributed by atoms with Crippen molar-refractivity contribution in [2.75, 3.05) is 31.1 Å². The molecule has 7 nitrogen and oxygen atoms in total. The molecule has 8 heteroatoms. The van der Waals surface area contributed by atoms with Crippen LogP contribution in [0.25, 0.3) is 5.69 Å². The van der Waals surface area contributed by atoms with Gasteiger partial charge < -0.3 is 5.32 Å². The average molecular weight is 348 g/mol. The summed E-state index contributed by atoms with van der Waals surface area (Å²) in [5.41, 5.74) is 1.87. The van der Waals surface area contributed by atoms with Gasteiger partial charge in [0.05, 0.1) is 29.9 Å². The first kappa shape index (κ1) is 16.7. The van der Waals surface area contributed by atoms with E-state index in [1.165, 1.54) is 0 Å². The van der Waals surface area contributed by atoms with Gasteiger partial charge in [0, 0.05) is 31.4 Å². The Kier molecular flexibility index (Phi) is 4.96. The number of rotatable bonds is 5. The van der Waals surface area contributed by atoms with Crippen LogP contribution in [0.3, 0.4) is 0 Å². The highest BCUT2D eigenvalue weighted by Gasteiger charge is 2.22. The molecule has 1 amide bonds. The molecule has 2 heterocycles. The van der Waals surface area contributed by atoms with Gasteiger partial charge in [0.15, 0.2) is 9.84 Å². The van der Waals surface area contributed by atoms with Crippen molar-refractivity contribution in [3.63, 3.8) is 0 Å². The lowest BCUT2D eigenvalue weighted by Crippen LogP contribution is -2.45. The SMILES string of the molecule is O=C(CN1CCS(=O)(=O)CC1)NCc1cnn(-c2ccccc2)c1. The highest BCUT2D eigenvalue weighted by Crippen LogP contribution is 2.07. The van der Waals surface area contributed by atoms with Gasteiger partial charge in [-0.3, -0.25) is 9.69 Å². The average Bonchev–Trinajstić information content (AvgIpc) is 3.05. The lowest BCUT2D eigenvalue weighted by Gasteiger charge is -2.25. The Morgan fingerprint density at radius 1 is 1.17 bits per heavy atom. The fraction of sp³-hybridized carbons (Fsp3) is 0.375. The first-order valence-corrected chi connectivity index (χ1v) is 9.62. The number of aromatic nitrogens is 2. The number of benzene rings is 1. The summed E-state index contributed by atoms with van der Waals surface area (Å²) in [5, 5.41) is 7.13. The number of para-hydroxylation sites is 1. The number of hydrogen-bond acceptors (Lipinski definition) is 5. The molecule has 0 radical (unpaired) electrons. The van der Waals surface area contributed by atoms with Crippen molar-refractivity contribution in [3.05, 3.63) is 48.3 Å². The number of hydrogen-bond donors (Lipinski definition) is 1. The number of carbonyl (C=O) groups excluding carboxylic acids is 1. The summed E-state index contributed by atoms with van der Waals surface area (Å²) >= 11 is 0. The standard InChI is InChI=1S/C16H20N4O3S/c21-16(13-19-6-8-24(22,23)9-7-19)17-10-14-11-18-20(12-14)15-4-2-1-3-5-15/h1-5,11-12H,6-10,13H2,(H,17,21). The van der Waals surface area contributed by atoms with Crippen LogP contribution in [0.1, 0.15) is 5.56 Å². The smallest absolute Gasteiger partial charge is 0.234 e. The molecule has 128 valence electrons. The largest absolute Gasteiger partial charge is 0.351 e. The molecule has 1 aromatic heterocycles. The van der Waals surface area contributed by atoms with E-state index in [0.717, 1.165) is 11.3 Å². The molecule has 0 atom stereocenters. The minimum absolute atomic E-state index is 0.109. The van der Waals surface area contributed by atoms with Gasteiger partial charge in [0.25, 0.3) is 0 Å². The van der Waals surface area contributed by atoms with Crippen LogP contribution < -0.4 is 5.32 Å². The molecule has 0 saturated carbocycles. The predicted molar refractivity (Wildman–Crippen MR) is 90.5 cm³/mol. The maximum atomic E-state index is 12.0. The quantitative estimate of drug-likeness (QED) is 0.836. The Morgan fingerprint density at radius 3 is 2.58 bits per heavy atom. The summed E-state index contributed by atoms with van der Waals surface area (Å²) in [6.07, 6.45) is 3.60. The van der Waals surface area contributed by atoms with E-state index in [1.54, 1.807) is 10.9 Å². The maximum Gasteiger partial charge on any atom is 0.234 e. The van der Waals surface area contributed by atoms with Gasteiger partial charge in [-0.15, -0.1) is 0 Å². The van der Waals surface area contributed by atoms with E-state index in [2.05, 4.69) is 10.4 Å². The number of nitrogens with zero attached hydrogens (tertiary/aromatic N) is 3. The maximum absolute atomic E-state index is 12.0. The molecule has 0 unspecified atom stereocenters. The molecular formula is C16H20N4O3S. The van der Waals surface area contributed by atoms with E-state index in [1.807, 2.05) is 41.4 Å². The molecule has 0 aliphatic carbocycles. The molecule has 0 spiro atoms. The van der Waals surface area contributed by atoms with Crippen molar-refractivity contribution in [3.8, 4) is 5.69 Å². The zero-order valence-corrected chi connectivity index (χ0v) is 14.1. The Morgan fingerprint density at radius 2 is 1.88 bits per heavy atom. The van der Waals surface area contributed by atoms with E-state index < -0.39 is 9.84 Å². The van der Waals surface area contributed by atoms with Crippen LogP contribution in [0, 0.1) is 0 Å². The van der Waals surface area contributed by atoms with E-state index >= 15 is 0 Å². The highest BCUT2D eigenvalue weighted by molar-refractivity contribution is 7.91. The van der Waals surface area contributed by atoms with Gasteiger partial charge in [0.2, 0.25) is 5.91 Å².